The molecule has 0 unspecified atom stereocenters. The van der Waals surface area contributed by atoms with E-state index in [0.717, 1.165) is 19.3 Å². The standard InChI is InChI=1S/C11H24N2O2/c1-11(2,3)15-10(14)9(13-4)7-5-6-8-12/h9,13H,5-8,12H2,1-4H3/t9-/m1/s1. The van der Waals surface area contributed by atoms with Gasteiger partial charge in [-0.3, -0.25) is 4.79 Å². The van der Waals surface area contributed by atoms with E-state index in [9.17, 15) is 4.79 Å². The SMILES string of the molecule is CN[C@H](CCCCN)C(=O)OC(C)(C)C. The topological polar surface area (TPSA) is 64.3 Å². The van der Waals surface area contributed by atoms with Gasteiger partial charge in [0.2, 0.25) is 0 Å². The Bertz CT molecular complexity index is 188. The fraction of sp³-hybridized carbons (Fsp3) is 0.909. The number of carbonyl (C=O) groups excluding carboxylic acids is 1. The molecule has 0 fully saturated rings. The van der Waals surface area contributed by atoms with Gasteiger partial charge in [-0.2, -0.15) is 0 Å². The largest absolute Gasteiger partial charge is 0.459 e. The molecule has 0 saturated carbocycles. The predicted octanol–water partition coefficient (Wildman–Crippen LogP) is 1.05. The van der Waals surface area contributed by atoms with Crippen molar-refractivity contribution in [2.75, 3.05) is 13.6 Å². The van der Waals surface area contributed by atoms with E-state index in [2.05, 4.69) is 5.32 Å². The van der Waals surface area contributed by atoms with Gasteiger partial charge in [0.05, 0.1) is 0 Å². The smallest absolute Gasteiger partial charge is 0.323 e. The van der Waals surface area contributed by atoms with Gasteiger partial charge in [0.1, 0.15) is 11.6 Å². The zero-order valence-corrected chi connectivity index (χ0v) is 10.3. The van der Waals surface area contributed by atoms with E-state index in [1.807, 2.05) is 20.8 Å². The van der Waals surface area contributed by atoms with Crippen LogP contribution < -0.4 is 11.1 Å². The average Bonchev–Trinajstić information content (AvgIpc) is 2.09. The van der Waals surface area contributed by atoms with E-state index >= 15 is 0 Å². The highest BCUT2D eigenvalue weighted by Gasteiger charge is 2.23. The summed E-state index contributed by atoms with van der Waals surface area (Å²) in [5, 5.41) is 2.97. The van der Waals surface area contributed by atoms with Crippen LogP contribution in [0.1, 0.15) is 40.0 Å². The Kier molecular flexibility index (Phi) is 6.52. The molecule has 0 aromatic rings. The second kappa shape index (κ2) is 6.80. The quantitative estimate of drug-likeness (QED) is 0.514. The number of unbranched alkanes of at least 4 members (excludes halogenated alkanes) is 1. The summed E-state index contributed by atoms with van der Waals surface area (Å²) >= 11 is 0. The Morgan fingerprint density at radius 1 is 1.40 bits per heavy atom. The molecule has 15 heavy (non-hydrogen) atoms. The van der Waals surface area contributed by atoms with Crippen LogP contribution in [0.25, 0.3) is 0 Å². The normalized spacial score (nSPS) is 13.7. The number of rotatable bonds is 6. The number of likely N-dealkylation sites (N-methyl/N-ethyl adjacent to an activating group) is 1. The third kappa shape index (κ3) is 7.33. The maximum atomic E-state index is 11.7. The number of esters is 1. The summed E-state index contributed by atoms with van der Waals surface area (Å²) in [4.78, 5) is 11.7. The number of hydrogen-bond donors (Lipinski definition) is 2. The molecule has 0 rings (SSSR count). The van der Waals surface area contributed by atoms with E-state index in [1.54, 1.807) is 7.05 Å². The van der Waals surface area contributed by atoms with Gasteiger partial charge >= 0.3 is 5.97 Å². The molecular weight excluding hydrogens is 192 g/mol. The molecule has 0 aliphatic heterocycles. The Hall–Kier alpha value is -0.610. The Balaban J connectivity index is 3.99. The molecule has 0 spiro atoms. The van der Waals surface area contributed by atoms with E-state index in [-0.39, 0.29) is 12.0 Å². The lowest BCUT2D eigenvalue weighted by atomic mass is 10.1. The molecule has 3 N–H and O–H groups in total. The second-order valence-corrected chi connectivity index (χ2v) is 4.66. The van der Waals surface area contributed by atoms with Gasteiger partial charge in [0.15, 0.2) is 0 Å². The van der Waals surface area contributed by atoms with E-state index in [1.165, 1.54) is 0 Å². The molecule has 4 nitrogen and oxygen atoms in total. The van der Waals surface area contributed by atoms with Crippen LogP contribution in [0.2, 0.25) is 0 Å². The van der Waals surface area contributed by atoms with Gasteiger partial charge in [-0.05, 0) is 47.2 Å². The molecule has 0 bridgehead atoms. The molecule has 0 aromatic heterocycles. The lowest BCUT2D eigenvalue weighted by Gasteiger charge is -2.23. The van der Waals surface area contributed by atoms with Crippen molar-refractivity contribution in [3.05, 3.63) is 0 Å². The maximum absolute atomic E-state index is 11.7. The summed E-state index contributed by atoms with van der Waals surface area (Å²) in [6.07, 6.45) is 2.67. The van der Waals surface area contributed by atoms with Crippen molar-refractivity contribution in [3.8, 4) is 0 Å². The Labute approximate surface area is 92.6 Å². The maximum Gasteiger partial charge on any atom is 0.323 e. The van der Waals surface area contributed by atoms with Crippen molar-refractivity contribution in [1.29, 1.82) is 0 Å². The van der Waals surface area contributed by atoms with Crippen LogP contribution >= 0.6 is 0 Å². The zero-order chi connectivity index (χ0) is 11.9. The van der Waals surface area contributed by atoms with Gasteiger partial charge in [-0.15, -0.1) is 0 Å². The average molecular weight is 216 g/mol. The molecule has 0 heterocycles. The summed E-state index contributed by atoms with van der Waals surface area (Å²) in [5.74, 6) is -0.179. The van der Waals surface area contributed by atoms with Crippen molar-refractivity contribution >= 4 is 5.97 Å². The highest BCUT2D eigenvalue weighted by atomic mass is 16.6. The molecule has 1 atom stereocenters. The van der Waals surface area contributed by atoms with E-state index in [0.29, 0.717) is 6.54 Å². The van der Waals surface area contributed by atoms with Crippen LogP contribution in [-0.2, 0) is 9.53 Å². The molecule has 0 aromatic carbocycles. The third-order valence-electron chi connectivity index (χ3n) is 1.99. The van der Waals surface area contributed by atoms with Crippen molar-refractivity contribution in [2.45, 2.75) is 51.7 Å². The van der Waals surface area contributed by atoms with Crippen molar-refractivity contribution < 1.29 is 9.53 Å². The third-order valence-corrected chi connectivity index (χ3v) is 1.99. The Morgan fingerprint density at radius 3 is 2.40 bits per heavy atom. The summed E-state index contributed by atoms with van der Waals surface area (Å²) in [6.45, 7) is 6.29. The molecule has 0 aliphatic rings. The number of hydrogen-bond acceptors (Lipinski definition) is 4. The first kappa shape index (κ1) is 14.4. The summed E-state index contributed by atoms with van der Waals surface area (Å²) in [7, 11) is 1.77. The van der Waals surface area contributed by atoms with Crippen LogP contribution in [0.15, 0.2) is 0 Å². The first-order valence-corrected chi connectivity index (χ1v) is 5.51. The molecule has 0 radical (unpaired) electrons. The van der Waals surface area contributed by atoms with Crippen molar-refractivity contribution in [3.63, 3.8) is 0 Å². The lowest BCUT2D eigenvalue weighted by molar-refractivity contribution is -0.157. The minimum atomic E-state index is -0.417. The van der Waals surface area contributed by atoms with E-state index in [4.69, 9.17) is 10.5 Å². The number of carbonyl (C=O) groups is 1. The van der Waals surface area contributed by atoms with Gasteiger partial charge < -0.3 is 15.8 Å². The monoisotopic (exact) mass is 216 g/mol. The minimum Gasteiger partial charge on any atom is -0.459 e. The molecule has 4 heteroatoms. The van der Waals surface area contributed by atoms with Gasteiger partial charge in [0.25, 0.3) is 0 Å². The highest BCUT2D eigenvalue weighted by Crippen LogP contribution is 2.10. The fourth-order valence-electron chi connectivity index (χ4n) is 1.25. The van der Waals surface area contributed by atoms with Gasteiger partial charge in [-0.25, -0.2) is 0 Å². The van der Waals surface area contributed by atoms with Crippen LogP contribution in [0.5, 0.6) is 0 Å². The summed E-state index contributed by atoms with van der Waals surface area (Å²) in [5.41, 5.74) is 4.98. The van der Waals surface area contributed by atoms with Crippen LogP contribution in [0.3, 0.4) is 0 Å². The van der Waals surface area contributed by atoms with Gasteiger partial charge in [0, 0.05) is 0 Å². The van der Waals surface area contributed by atoms with E-state index < -0.39 is 5.60 Å². The van der Waals surface area contributed by atoms with Crippen LogP contribution in [0.4, 0.5) is 0 Å². The van der Waals surface area contributed by atoms with Crippen molar-refractivity contribution in [1.82, 2.24) is 5.32 Å². The van der Waals surface area contributed by atoms with Crippen molar-refractivity contribution in [2.24, 2.45) is 5.73 Å². The number of nitrogens with one attached hydrogen (secondary N) is 1. The minimum absolute atomic E-state index is 0.179. The van der Waals surface area contributed by atoms with Crippen LogP contribution in [0, 0.1) is 0 Å². The highest BCUT2D eigenvalue weighted by molar-refractivity contribution is 5.76. The fourth-order valence-corrected chi connectivity index (χ4v) is 1.25. The molecule has 0 saturated heterocycles. The van der Waals surface area contributed by atoms with Gasteiger partial charge in [-0.1, -0.05) is 6.42 Å². The molecular formula is C11H24N2O2. The predicted molar refractivity (Wildman–Crippen MR) is 61.6 cm³/mol. The molecule has 90 valence electrons. The summed E-state index contributed by atoms with van der Waals surface area (Å²) in [6, 6.07) is -0.212. The molecule has 0 amide bonds. The molecule has 0 aliphatic carbocycles. The summed E-state index contributed by atoms with van der Waals surface area (Å²) < 4.78 is 5.29. The number of nitrogens with two attached hydrogens (primary N) is 1. The first-order valence-electron chi connectivity index (χ1n) is 5.51. The first-order chi connectivity index (χ1) is 6.90. The number of ether oxygens (including phenoxy) is 1. The second-order valence-electron chi connectivity index (χ2n) is 4.66. The lowest BCUT2D eigenvalue weighted by Crippen LogP contribution is -2.39. The Morgan fingerprint density at radius 2 is 2.00 bits per heavy atom. The zero-order valence-electron chi connectivity index (χ0n) is 10.3. The van der Waals surface area contributed by atoms with Crippen LogP contribution in [-0.4, -0.2) is 31.2 Å².